The van der Waals surface area contributed by atoms with E-state index in [2.05, 4.69) is 38.7 Å². The SMILES string of the molecule is CN=C(NCc1ccc(C(=O)N2CCNC(=O)C2)cc1)N1CCc2ccccc21. The van der Waals surface area contributed by atoms with Crippen molar-refractivity contribution in [3.8, 4) is 0 Å². The summed E-state index contributed by atoms with van der Waals surface area (Å²) in [5.41, 5.74) is 4.20. The van der Waals surface area contributed by atoms with Gasteiger partial charge in [0.05, 0.1) is 6.54 Å². The molecule has 1 fully saturated rings. The number of hydrogen-bond acceptors (Lipinski definition) is 3. The molecule has 7 heteroatoms. The highest BCUT2D eigenvalue weighted by atomic mass is 16.2. The van der Waals surface area contributed by atoms with Crippen LogP contribution in [0.4, 0.5) is 5.69 Å². The van der Waals surface area contributed by atoms with Gasteiger partial charge in [0.1, 0.15) is 0 Å². The van der Waals surface area contributed by atoms with E-state index < -0.39 is 0 Å². The van der Waals surface area contributed by atoms with Crippen LogP contribution in [0.25, 0.3) is 0 Å². The molecule has 0 aliphatic carbocycles. The molecule has 0 spiro atoms. The summed E-state index contributed by atoms with van der Waals surface area (Å²) in [5, 5.41) is 6.15. The molecule has 1 saturated heterocycles. The summed E-state index contributed by atoms with van der Waals surface area (Å²) in [6.07, 6.45) is 1.02. The number of rotatable bonds is 3. The van der Waals surface area contributed by atoms with Gasteiger partial charge in [-0.15, -0.1) is 0 Å². The van der Waals surface area contributed by atoms with Gasteiger partial charge >= 0.3 is 0 Å². The van der Waals surface area contributed by atoms with Crippen LogP contribution in [-0.4, -0.2) is 55.9 Å². The number of hydrogen-bond donors (Lipinski definition) is 2. The normalized spacial score (nSPS) is 16.4. The molecule has 2 amide bonds. The van der Waals surface area contributed by atoms with Gasteiger partial charge in [-0.3, -0.25) is 14.6 Å². The van der Waals surface area contributed by atoms with Gasteiger partial charge in [-0.25, -0.2) is 0 Å². The van der Waals surface area contributed by atoms with Gasteiger partial charge in [-0.05, 0) is 35.7 Å². The standard InChI is InChI=1S/C22H25N5O2/c1-23-22(27-12-10-17-4-2-3-5-19(17)27)25-14-16-6-8-18(9-7-16)21(29)26-13-11-24-20(28)15-26/h2-9H,10-15H2,1H3,(H,23,25)(H,24,28). The van der Waals surface area contributed by atoms with Crippen molar-refractivity contribution in [3.63, 3.8) is 0 Å². The number of piperazine rings is 1. The largest absolute Gasteiger partial charge is 0.353 e. The van der Waals surface area contributed by atoms with E-state index in [4.69, 9.17) is 0 Å². The van der Waals surface area contributed by atoms with Gasteiger partial charge in [0.15, 0.2) is 5.96 Å². The molecule has 2 heterocycles. The lowest BCUT2D eigenvalue weighted by Crippen LogP contribution is -2.49. The molecule has 2 aromatic carbocycles. The first kappa shape index (κ1) is 19.0. The quantitative estimate of drug-likeness (QED) is 0.613. The van der Waals surface area contributed by atoms with Crippen molar-refractivity contribution >= 4 is 23.5 Å². The van der Waals surface area contributed by atoms with E-state index in [1.165, 1.54) is 11.3 Å². The highest BCUT2D eigenvalue weighted by Crippen LogP contribution is 2.27. The number of benzene rings is 2. The minimum atomic E-state index is -0.111. The first-order valence-corrected chi connectivity index (χ1v) is 9.87. The lowest BCUT2D eigenvalue weighted by molar-refractivity contribution is -0.123. The number of para-hydroxylation sites is 1. The fraction of sp³-hybridized carbons (Fsp3) is 0.318. The zero-order valence-corrected chi connectivity index (χ0v) is 16.5. The summed E-state index contributed by atoms with van der Waals surface area (Å²) < 4.78 is 0. The number of guanidine groups is 1. The zero-order valence-electron chi connectivity index (χ0n) is 16.5. The Morgan fingerprint density at radius 2 is 1.93 bits per heavy atom. The molecular weight excluding hydrogens is 366 g/mol. The Balaban J connectivity index is 1.38. The van der Waals surface area contributed by atoms with Gasteiger partial charge in [0, 0.05) is 44.5 Å². The van der Waals surface area contributed by atoms with Gasteiger partial charge in [-0.2, -0.15) is 0 Å². The van der Waals surface area contributed by atoms with Crippen LogP contribution in [0.15, 0.2) is 53.5 Å². The molecule has 2 aliphatic rings. The van der Waals surface area contributed by atoms with Crippen LogP contribution in [0.5, 0.6) is 0 Å². The van der Waals surface area contributed by atoms with Crippen LogP contribution in [-0.2, 0) is 17.8 Å². The topological polar surface area (TPSA) is 77.0 Å². The molecule has 0 atom stereocenters. The molecular formula is C22H25N5O2. The van der Waals surface area contributed by atoms with E-state index in [0.717, 1.165) is 24.5 Å². The molecule has 0 aromatic heterocycles. The first-order chi connectivity index (χ1) is 14.2. The monoisotopic (exact) mass is 391 g/mol. The molecule has 2 aliphatic heterocycles. The smallest absolute Gasteiger partial charge is 0.254 e. The summed E-state index contributed by atoms with van der Waals surface area (Å²) in [6.45, 7) is 2.70. The summed E-state index contributed by atoms with van der Waals surface area (Å²) in [7, 11) is 1.79. The second kappa shape index (κ2) is 8.34. The number of anilines is 1. The molecule has 2 aromatic rings. The molecule has 150 valence electrons. The van der Waals surface area contributed by atoms with Crippen LogP contribution < -0.4 is 15.5 Å². The Kier molecular flexibility index (Phi) is 5.46. The van der Waals surface area contributed by atoms with Crippen molar-refractivity contribution in [2.24, 2.45) is 4.99 Å². The summed E-state index contributed by atoms with van der Waals surface area (Å²) in [4.78, 5) is 32.3. The minimum Gasteiger partial charge on any atom is -0.353 e. The van der Waals surface area contributed by atoms with Crippen molar-refractivity contribution in [3.05, 3.63) is 65.2 Å². The third-order valence-electron chi connectivity index (χ3n) is 5.33. The van der Waals surface area contributed by atoms with E-state index in [9.17, 15) is 9.59 Å². The second-order valence-corrected chi connectivity index (χ2v) is 7.20. The maximum atomic E-state index is 12.6. The van der Waals surface area contributed by atoms with Gasteiger partial charge in [0.2, 0.25) is 5.91 Å². The second-order valence-electron chi connectivity index (χ2n) is 7.20. The van der Waals surface area contributed by atoms with Gasteiger partial charge in [0.25, 0.3) is 5.91 Å². The Bertz CT molecular complexity index is 938. The Morgan fingerprint density at radius 1 is 1.14 bits per heavy atom. The van der Waals surface area contributed by atoms with Crippen LogP contribution in [0.1, 0.15) is 21.5 Å². The molecule has 2 N–H and O–H groups in total. The molecule has 0 unspecified atom stereocenters. The summed E-state index contributed by atoms with van der Waals surface area (Å²) in [6, 6.07) is 15.9. The highest BCUT2D eigenvalue weighted by Gasteiger charge is 2.23. The summed E-state index contributed by atoms with van der Waals surface area (Å²) >= 11 is 0. The lowest BCUT2D eigenvalue weighted by Gasteiger charge is -2.26. The van der Waals surface area contributed by atoms with Gasteiger partial charge < -0.3 is 20.4 Å². The molecule has 0 saturated carbocycles. The van der Waals surface area contributed by atoms with Crippen LogP contribution in [0, 0.1) is 0 Å². The van der Waals surface area contributed by atoms with Crippen LogP contribution in [0.2, 0.25) is 0 Å². The molecule has 29 heavy (non-hydrogen) atoms. The number of amides is 2. The number of aliphatic imine (C=N–C) groups is 1. The maximum absolute atomic E-state index is 12.6. The predicted octanol–water partition coefficient (Wildman–Crippen LogP) is 1.40. The number of fused-ring (bicyclic) bond motifs is 1. The molecule has 0 bridgehead atoms. The van der Waals surface area contributed by atoms with Crippen molar-refractivity contribution in [1.29, 1.82) is 0 Å². The number of carbonyl (C=O) groups is 2. The Morgan fingerprint density at radius 3 is 2.69 bits per heavy atom. The third kappa shape index (κ3) is 4.08. The predicted molar refractivity (Wildman–Crippen MR) is 113 cm³/mol. The van der Waals surface area contributed by atoms with E-state index in [-0.39, 0.29) is 18.4 Å². The molecule has 7 nitrogen and oxygen atoms in total. The zero-order chi connectivity index (χ0) is 20.2. The van der Waals surface area contributed by atoms with E-state index >= 15 is 0 Å². The Labute approximate surface area is 170 Å². The highest BCUT2D eigenvalue weighted by molar-refractivity contribution is 5.98. The van der Waals surface area contributed by atoms with Crippen molar-refractivity contribution < 1.29 is 9.59 Å². The fourth-order valence-corrected chi connectivity index (χ4v) is 3.79. The third-order valence-corrected chi connectivity index (χ3v) is 5.33. The van der Waals surface area contributed by atoms with Crippen LogP contribution >= 0.6 is 0 Å². The lowest BCUT2D eigenvalue weighted by atomic mass is 10.1. The summed E-state index contributed by atoms with van der Waals surface area (Å²) in [5.74, 6) is 0.624. The maximum Gasteiger partial charge on any atom is 0.254 e. The van der Waals surface area contributed by atoms with E-state index in [1.807, 2.05) is 30.3 Å². The fourth-order valence-electron chi connectivity index (χ4n) is 3.79. The van der Waals surface area contributed by atoms with Crippen molar-refractivity contribution in [1.82, 2.24) is 15.5 Å². The minimum absolute atomic E-state index is 0.108. The number of carbonyl (C=O) groups excluding carboxylic acids is 2. The van der Waals surface area contributed by atoms with Gasteiger partial charge in [-0.1, -0.05) is 30.3 Å². The van der Waals surface area contributed by atoms with Crippen molar-refractivity contribution in [2.45, 2.75) is 13.0 Å². The molecule has 4 rings (SSSR count). The van der Waals surface area contributed by atoms with Crippen molar-refractivity contribution in [2.75, 3.05) is 38.1 Å². The van der Waals surface area contributed by atoms with Crippen LogP contribution in [0.3, 0.4) is 0 Å². The first-order valence-electron chi connectivity index (χ1n) is 9.87. The number of nitrogens with one attached hydrogen (secondary N) is 2. The average Bonchev–Trinajstić information content (AvgIpc) is 3.18. The number of nitrogens with zero attached hydrogens (tertiary/aromatic N) is 3. The Hall–Kier alpha value is -3.35. The average molecular weight is 391 g/mol. The van der Waals surface area contributed by atoms with E-state index in [0.29, 0.717) is 25.2 Å². The molecule has 0 radical (unpaired) electrons. The van der Waals surface area contributed by atoms with E-state index in [1.54, 1.807) is 11.9 Å².